The van der Waals surface area contributed by atoms with Crippen molar-refractivity contribution in [2.75, 3.05) is 37.6 Å². The number of carboxylic acids is 1. The molecule has 2 N–H and O–H groups in total. The summed E-state index contributed by atoms with van der Waals surface area (Å²) < 4.78 is 0. The molecule has 0 bridgehead atoms. The number of aliphatic carboxylic acids is 1. The van der Waals surface area contributed by atoms with Gasteiger partial charge in [0.1, 0.15) is 16.5 Å². The van der Waals surface area contributed by atoms with Gasteiger partial charge in [-0.1, -0.05) is 11.6 Å². The van der Waals surface area contributed by atoms with E-state index in [0.29, 0.717) is 43.1 Å². The Labute approximate surface area is 240 Å². The van der Waals surface area contributed by atoms with Gasteiger partial charge in [-0.15, -0.1) is 22.7 Å². The maximum Gasteiger partial charge on any atom is 0.317 e. The summed E-state index contributed by atoms with van der Waals surface area (Å²) in [7, 11) is 0. The first-order chi connectivity index (χ1) is 18.8. The van der Waals surface area contributed by atoms with Crippen molar-refractivity contribution >= 4 is 52.0 Å². The van der Waals surface area contributed by atoms with Gasteiger partial charge in [0, 0.05) is 48.5 Å². The Morgan fingerprint density at radius 2 is 2.03 bits per heavy atom. The van der Waals surface area contributed by atoms with E-state index in [-0.39, 0.29) is 24.2 Å². The van der Waals surface area contributed by atoms with E-state index in [1.54, 1.807) is 28.9 Å². The van der Waals surface area contributed by atoms with Crippen LogP contribution in [-0.4, -0.2) is 86.5 Å². The second-order valence-corrected chi connectivity index (χ2v) is 12.6. The molecule has 3 aromatic rings. The normalized spacial score (nSPS) is 20.4. The van der Waals surface area contributed by atoms with Crippen molar-refractivity contribution in [3.05, 3.63) is 44.4 Å². The minimum absolute atomic E-state index is 0.0313. The molecule has 0 unspecified atom stereocenters. The monoisotopic (exact) mass is 589 g/mol. The number of carboxylic acid groups (broad SMARTS) is 1. The van der Waals surface area contributed by atoms with Gasteiger partial charge in [0.25, 0.3) is 5.91 Å². The third-order valence-corrected chi connectivity index (χ3v) is 9.54. The van der Waals surface area contributed by atoms with Crippen LogP contribution in [0.15, 0.2) is 23.8 Å². The van der Waals surface area contributed by atoms with E-state index < -0.39 is 5.97 Å². The van der Waals surface area contributed by atoms with Crippen LogP contribution in [0.2, 0.25) is 5.02 Å². The number of aromatic nitrogens is 3. The summed E-state index contributed by atoms with van der Waals surface area (Å²) in [6, 6.07) is 2.58. The number of carbonyl (C=O) groups excluding carboxylic acids is 1. The lowest BCUT2D eigenvalue weighted by Gasteiger charge is -2.39. The average Bonchev–Trinajstić information content (AvgIpc) is 3.63. The smallest absolute Gasteiger partial charge is 0.317 e. The van der Waals surface area contributed by atoms with E-state index in [2.05, 4.69) is 32.0 Å². The highest BCUT2D eigenvalue weighted by molar-refractivity contribution is 7.15. The molecule has 13 heteroatoms. The summed E-state index contributed by atoms with van der Waals surface area (Å²) in [6.07, 6.45) is 5.52. The molecule has 5 heterocycles. The number of likely N-dealkylation sites (tertiary alicyclic amines) is 1. The fraction of sp³-hybridized carbons (Fsp3) is 0.500. The van der Waals surface area contributed by atoms with Crippen molar-refractivity contribution in [3.63, 3.8) is 0 Å². The van der Waals surface area contributed by atoms with Gasteiger partial charge in [-0.05, 0) is 39.3 Å². The predicted octanol–water partition coefficient (Wildman–Crippen LogP) is 3.82. The van der Waals surface area contributed by atoms with E-state index in [1.807, 2.05) is 23.3 Å². The van der Waals surface area contributed by atoms with Crippen LogP contribution in [0.4, 0.5) is 5.82 Å². The number of nitrogens with zero attached hydrogens (tertiary/aromatic N) is 6. The van der Waals surface area contributed by atoms with E-state index in [1.165, 1.54) is 23.9 Å². The Morgan fingerprint density at radius 1 is 1.18 bits per heavy atom. The summed E-state index contributed by atoms with van der Waals surface area (Å²) in [5.41, 5.74) is 1.19. The predicted molar refractivity (Wildman–Crippen MR) is 154 cm³/mol. The third kappa shape index (κ3) is 6.75. The second kappa shape index (κ2) is 12.3. The zero-order valence-electron chi connectivity index (χ0n) is 22.0. The fourth-order valence-corrected chi connectivity index (χ4v) is 7.37. The Bertz CT molecular complexity index is 1320. The van der Waals surface area contributed by atoms with Crippen LogP contribution in [-0.2, 0) is 17.9 Å². The lowest BCUT2D eigenvalue weighted by Crippen LogP contribution is -2.53. The molecule has 1 amide bonds. The molecular weight excluding hydrogens is 558 g/mol. The Morgan fingerprint density at radius 3 is 2.67 bits per heavy atom. The Balaban J connectivity index is 1.22. The number of thiophene rings is 1. The van der Waals surface area contributed by atoms with Crippen molar-refractivity contribution in [2.45, 2.75) is 51.9 Å². The molecule has 2 saturated heterocycles. The van der Waals surface area contributed by atoms with Gasteiger partial charge in [-0.3, -0.25) is 19.4 Å². The number of thiazole rings is 1. The number of hydrogen-bond donors (Lipinski definition) is 2. The van der Waals surface area contributed by atoms with Gasteiger partial charge in [0.05, 0.1) is 41.1 Å². The first kappa shape index (κ1) is 27.9. The second-order valence-electron chi connectivity index (χ2n) is 10.1. The topological polar surface area (TPSA) is 115 Å². The van der Waals surface area contributed by atoms with Gasteiger partial charge in [-0.25, -0.2) is 15.0 Å². The van der Waals surface area contributed by atoms with Crippen LogP contribution in [0.5, 0.6) is 0 Å². The van der Waals surface area contributed by atoms with Crippen molar-refractivity contribution in [1.82, 2.24) is 30.1 Å². The quantitative estimate of drug-likeness (QED) is 0.384. The van der Waals surface area contributed by atoms with E-state index in [9.17, 15) is 9.59 Å². The average molecular weight is 590 g/mol. The van der Waals surface area contributed by atoms with Gasteiger partial charge in [0.2, 0.25) is 0 Å². The summed E-state index contributed by atoms with van der Waals surface area (Å²) in [5, 5.41) is 15.4. The van der Waals surface area contributed by atoms with Gasteiger partial charge < -0.3 is 15.3 Å². The van der Waals surface area contributed by atoms with Crippen LogP contribution in [0.1, 0.15) is 47.1 Å². The van der Waals surface area contributed by atoms with Crippen LogP contribution >= 0.6 is 34.3 Å². The molecule has 3 aromatic heterocycles. The summed E-state index contributed by atoms with van der Waals surface area (Å²) in [6.45, 7) is 8.46. The number of amides is 1. The van der Waals surface area contributed by atoms with Crippen molar-refractivity contribution in [3.8, 4) is 10.6 Å². The van der Waals surface area contributed by atoms with Gasteiger partial charge in [-0.2, -0.15) is 0 Å². The van der Waals surface area contributed by atoms with Crippen molar-refractivity contribution in [1.29, 1.82) is 0 Å². The van der Waals surface area contributed by atoms with Crippen LogP contribution in [0, 0.1) is 0 Å². The number of anilines is 1. The largest absolute Gasteiger partial charge is 0.480 e. The van der Waals surface area contributed by atoms with E-state index in [4.69, 9.17) is 21.7 Å². The first-order valence-corrected chi connectivity index (χ1v) is 15.1. The molecular formula is C26H32ClN7O3S2. The highest BCUT2D eigenvalue weighted by atomic mass is 35.5. The molecule has 2 aliphatic rings. The zero-order valence-corrected chi connectivity index (χ0v) is 24.4. The number of nitrogens with one attached hydrogen (secondary N) is 1. The lowest BCUT2D eigenvalue weighted by atomic mass is 10.2. The highest BCUT2D eigenvalue weighted by Gasteiger charge is 2.27. The first-order valence-electron chi connectivity index (χ1n) is 13.0. The highest BCUT2D eigenvalue weighted by Crippen LogP contribution is 2.36. The summed E-state index contributed by atoms with van der Waals surface area (Å²) >= 11 is 9.41. The van der Waals surface area contributed by atoms with Crippen LogP contribution < -0.4 is 10.2 Å². The summed E-state index contributed by atoms with van der Waals surface area (Å²) in [4.78, 5) is 46.3. The maximum atomic E-state index is 12.9. The molecule has 39 heavy (non-hydrogen) atoms. The molecule has 0 aromatic carbocycles. The third-order valence-electron chi connectivity index (χ3n) is 7.22. The van der Waals surface area contributed by atoms with Crippen LogP contribution in [0.3, 0.4) is 0 Å². The van der Waals surface area contributed by atoms with Crippen molar-refractivity contribution < 1.29 is 14.7 Å². The number of halogens is 1. The molecule has 2 aliphatic heterocycles. The van der Waals surface area contributed by atoms with E-state index >= 15 is 0 Å². The molecule has 2 fully saturated rings. The zero-order chi connectivity index (χ0) is 27.5. The number of rotatable bonds is 9. The van der Waals surface area contributed by atoms with Crippen LogP contribution in [0.25, 0.3) is 10.6 Å². The standard InChI is InChI=1S/C26H32ClN7O3S2/c1-16-4-3-5-33(16)13-21-25(20-8-18(27)15-38-20)31-23(39-21)11-30-26(37)19-9-29-22(10-28-19)34-7-6-32(12-17(34)2)14-24(35)36/h8-10,15-17H,3-7,11-14H2,1-2H3,(H,30,37)(H,35,36)/t16-,17+/m1/s1. The molecule has 0 aliphatic carbocycles. The SMILES string of the molecule is C[C@@H]1CCCN1Cc1sc(CNC(=O)c2cnc(N3CCN(CC(=O)O)C[C@@H]3C)cn2)nc1-c1cc(Cl)cs1. The maximum absolute atomic E-state index is 12.9. The number of hydrogen-bond acceptors (Lipinski definition) is 10. The Hall–Kier alpha value is -2.64. The molecule has 10 nitrogen and oxygen atoms in total. The molecule has 0 saturated carbocycles. The number of piperazine rings is 1. The number of carbonyl (C=O) groups is 2. The van der Waals surface area contributed by atoms with Gasteiger partial charge >= 0.3 is 5.97 Å². The van der Waals surface area contributed by atoms with Gasteiger partial charge in [0.15, 0.2) is 0 Å². The fourth-order valence-electron chi connectivity index (χ4n) is 5.17. The Kier molecular flexibility index (Phi) is 8.77. The van der Waals surface area contributed by atoms with Crippen molar-refractivity contribution in [2.24, 2.45) is 0 Å². The van der Waals surface area contributed by atoms with E-state index in [0.717, 1.165) is 28.7 Å². The lowest BCUT2D eigenvalue weighted by molar-refractivity contribution is -0.138. The molecule has 208 valence electrons. The minimum Gasteiger partial charge on any atom is -0.480 e. The molecule has 5 rings (SSSR count). The molecule has 0 spiro atoms. The summed E-state index contributed by atoms with van der Waals surface area (Å²) in [5.74, 6) is -0.457. The molecule has 2 atom stereocenters. The molecule has 0 radical (unpaired) electrons. The minimum atomic E-state index is -0.826.